The first-order valence-corrected chi connectivity index (χ1v) is 9.34. The molecule has 158 valence electrons. The fourth-order valence-electron chi connectivity index (χ4n) is 2.73. The highest BCUT2D eigenvalue weighted by molar-refractivity contribution is 5.95. The molecule has 0 bridgehead atoms. The van der Waals surface area contributed by atoms with E-state index in [4.69, 9.17) is 10.5 Å². The zero-order valence-corrected chi connectivity index (χ0v) is 16.5. The lowest BCUT2D eigenvalue weighted by atomic mass is 10.1. The van der Waals surface area contributed by atoms with Crippen molar-refractivity contribution in [1.29, 1.82) is 0 Å². The van der Waals surface area contributed by atoms with Gasteiger partial charge in [0, 0.05) is 41.0 Å². The van der Waals surface area contributed by atoms with Gasteiger partial charge in [0.1, 0.15) is 11.3 Å². The number of hydrogen-bond acceptors (Lipinski definition) is 4. The molecular weight excluding hydrogens is 397 g/mol. The number of aromatic nitrogens is 3. The number of H-pyrrole nitrogens is 1. The number of pyridine rings is 2. The fraction of sp³-hybridized carbons (Fsp3) is 0.286. The molecule has 1 atom stereocenters. The van der Waals surface area contributed by atoms with Crippen LogP contribution in [0, 0.1) is 5.92 Å². The van der Waals surface area contributed by atoms with Crippen molar-refractivity contribution in [1.82, 2.24) is 15.0 Å². The maximum Gasteiger partial charge on any atom is 0.433 e. The summed E-state index contributed by atoms with van der Waals surface area (Å²) in [6.45, 7) is 4.18. The molecule has 3 rings (SSSR count). The van der Waals surface area contributed by atoms with Crippen LogP contribution in [0.15, 0.2) is 36.7 Å². The first-order valence-electron chi connectivity index (χ1n) is 9.34. The summed E-state index contributed by atoms with van der Waals surface area (Å²) < 4.78 is 45.7. The standard InChI is InChI=1S/C21H21F3N4O2/c1-3-12(2)11-30-19-8-14(7-17(28-19)21(22,23)24)15-6-16-13(4-5-18(25)29)9-26-20(16)27-10-15/h4-10,12H,3,11H2,1-2H3,(H2,25,29)(H,26,27)/t12-/m1/s1. The number of rotatable bonds is 7. The highest BCUT2D eigenvalue weighted by Gasteiger charge is 2.33. The normalized spacial score (nSPS) is 13.1. The number of hydrogen-bond donors (Lipinski definition) is 2. The van der Waals surface area contributed by atoms with Gasteiger partial charge in [-0.3, -0.25) is 4.79 Å². The highest BCUT2D eigenvalue weighted by Crippen LogP contribution is 2.34. The number of alkyl halides is 3. The molecule has 0 unspecified atom stereocenters. The van der Waals surface area contributed by atoms with Crippen LogP contribution < -0.4 is 10.5 Å². The van der Waals surface area contributed by atoms with Gasteiger partial charge in [0.05, 0.1) is 6.61 Å². The summed E-state index contributed by atoms with van der Waals surface area (Å²) in [6, 6.07) is 4.12. The van der Waals surface area contributed by atoms with Gasteiger partial charge in [0.2, 0.25) is 11.8 Å². The van der Waals surface area contributed by atoms with Crippen LogP contribution >= 0.6 is 0 Å². The lowest BCUT2D eigenvalue weighted by Crippen LogP contribution is -2.12. The van der Waals surface area contributed by atoms with Crippen LogP contribution in [0.3, 0.4) is 0 Å². The number of amides is 1. The maximum atomic E-state index is 13.4. The largest absolute Gasteiger partial charge is 0.477 e. The van der Waals surface area contributed by atoms with Crippen molar-refractivity contribution >= 4 is 23.0 Å². The summed E-state index contributed by atoms with van der Waals surface area (Å²) in [4.78, 5) is 21.8. The number of carbonyl (C=O) groups excluding carboxylic acids is 1. The molecule has 6 nitrogen and oxygen atoms in total. The smallest absolute Gasteiger partial charge is 0.433 e. The van der Waals surface area contributed by atoms with E-state index in [9.17, 15) is 18.0 Å². The average Bonchev–Trinajstić information content (AvgIpc) is 3.11. The Labute approximate surface area is 171 Å². The van der Waals surface area contributed by atoms with Crippen molar-refractivity contribution in [3.63, 3.8) is 0 Å². The van der Waals surface area contributed by atoms with Crippen molar-refractivity contribution in [2.24, 2.45) is 11.7 Å². The topological polar surface area (TPSA) is 93.9 Å². The summed E-state index contributed by atoms with van der Waals surface area (Å²) in [6.07, 6.45) is 2.03. The van der Waals surface area contributed by atoms with E-state index >= 15 is 0 Å². The van der Waals surface area contributed by atoms with Gasteiger partial charge < -0.3 is 15.5 Å². The second-order valence-corrected chi connectivity index (χ2v) is 7.00. The molecule has 0 aromatic carbocycles. The predicted octanol–water partition coefficient (Wildman–Crippen LogP) is 4.57. The molecule has 3 aromatic heterocycles. The SMILES string of the molecule is CC[C@@H](C)COc1cc(-c2cnc3[nH]cc(C=CC(N)=O)c3c2)cc(C(F)(F)F)n1. The number of halogens is 3. The highest BCUT2D eigenvalue weighted by atomic mass is 19.4. The van der Waals surface area contributed by atoms with E-state index in [0.717, 1.165) is 12.5 Å². The first-order chi connectivity index (χ1) is 14.2. The number of ether oxygens (including phenoxy) is 1. The third-order valence-corrected chi connectivity index (χ3v) is 4.63. The third kappa shape index (κ3) is 4.97. The third-order valence-electron chi connectivity index (χ3n) is 4.63. The van der Waals surface area contributed by atoms with Crippen LogP contribution in [0.25, 0.3) is 28.2 Å². The molecule has 0 fully saturated rings. The van der Waals surface area contributed by atoms with Gasteiger partial charge in [-0.2, -0.15) is 13.2 Å². The Morgan fingerprint density at radius 2 is 2.07 bits per heavy atom. The van der Waals surface area contributed by atoms with Gasteiger partial charge in [-0.05, 0) is 29.7 Å². The molecule has 0 saturated carbocycles. The molecule has 3 heterocycles. The van der Waals surface area contributed by atoms with E-state index in [0.29, 0.717) is 22.2 Å². The molecule has 0 aliphatic heterocycles. The average molecular weight is 418 g/mol. The molecule has 0 radical (unpaired) electrons. The lowest BCUT2D eigenvalue weighted by molar-refractivity contribution is -0.141. The summed E-state index contributed by atoms with van der Waals surface area (Å²) in [5, 5.41) is 0.637. The Balaban J connectivity index is 2.05. The molecule has 9 heteroatoms. The van der Waals surface area contributed by atoms with Crippen molar-refractivity contribution in [2.75, 3.05) is 6.61 Å². The van der Waals surface area contributed by atoms with Gasteiger partial charge in [-0.1, -0.05) is 20.3 Å². The molecule has 0 aliphatic rings. The van der Waals surface area contributed by atoms with Crippen LogP contribution in [-0.2, 0) is 11.0 Å². The van der Waals surface area contributed by atoms with Crippen LogP contribution in [0.2, 0.25) is 0 Å². The van der Waals surface area contributed by atoms with E-state index < -0.39 is 17.8 Å². The number of nitrogens with one attached hydrogen (secondary N) is 1. The van der Waals surface area contributed by atoms with Gasteiger partial charge in [-0.15, -0.1) is 0 Å². The minimum Gasteiger partial charge on any atom is -0.477 e. The first kappa shape index (κ1) is 21.4. The summed E-state index contributed by atoms with van der Waals surface area (Å²) in [7, 11) is 0. The van der Waals surface area contributed by atoms with Gasteiger partial charge in [0.25, 0.3) is 0 Å². The zero-order valence-electron chi connectivity index (χ0n) is 16.5. The number of primary amides is 1. The molecule has 30 heavy (non-hydrogen) atoms. The molecular formula is C21H21F3N4O2. The summed E-state index contributed by atoms with van der Waals surface area (Å²) >= 11 is 0. The number of fused-ring (bicyclic) bond motifs is 1. The number of carbonyl (C=O) groups is 1. The van der Waals surface area contributed by atoms with E-state index in [1.165, 1.54) is 24.4 Å². The fourth-order valence-corrected chi connectivity index (χ4v) is 2.73. The van der Waals surface area contributed by atoms with Crippen LogP contribution in [0.1, 0.15) is 31.5 Å². The predicted molar refractivity (Wildman–Crippen MR) is 108 cm³/mol. The summed E-state index contributed by atoms with van der Waals surface area (Å²) in [5.74, 6) is -0.522. The maximum absolute atomic E-state index is 13.4. The van der Waals surface area contributed by atoms with Crippen molar-refractivity contribution < 1.29 is 22.7 Å². The Hall–Kier alpha value is -3.36. The monoisotopic (exact) mass is 418 g/mol. The van der Waals surface area contributed by atoms with E-state index in [-0.39, 0.29) is 24.0 Å². The molecule has 0 saturated heterocycles. The molecule has 3 N–H and O–H groups in total. The molecule has 1 amide bonds. The molecule has 0 spiro atoms. The number of nitrogens with zero attached hydrogens (tertiary/aromatic N) is 2. The molecule has 3 aromatic rings. The van der Waals surface area contributed by atoms with Crippen molar-refractivity contribution in [2.45, 2.75) is 26.4 Å². The van der Waals surface area contributed by atoms with Crippen LogP contribution in [0.4, 0.5) is 13.2 Å². The Morgan fingerprint density at radius 3 is 2.73 bits per heavy atom. The van der Waals surface area contributed by atoms with Crippen molar-refractivity contribution in [3.8, 4) is 17.0 Å². The van der Waals surface area contributed by atoms with Crippen LogP contribution in [-0.4, -0.2) is 27.5 Å². The Kier molecular flexibility index (Phi) is 6.09. The minimum absolute atomic E-state index is 0.0943. The van der Waals surface area contributed by atoms with Crippen LogP contribution in [0.5, 0.6) is 5.88 Å². The second-order valence-electron chi connectivity index (χ2n) is 7.00. The van der Waals surface area contributed by atoms with Gasteiger partial charge in [0.15, 0.2) is 0 Å². The number of nitrogens with two attached hydrogens (primary N) is 1. The zero-order chi connectivity index (χ0) is 21.9. The quantitative estimate of drug-likeness (QED) is 0.550. The molecule has 0 aliphatic carbocycles. The lowest BCUT2D eigenvalue weighted by Gasteiger charge is -2.14. The Bertz CT molecular complexity index is 1090. The van der Waals surface area contributed by atoms with E-state index in [1.807, 2.05) is 13.8 Å². The van der Waals surface area contributed by atoms with Gasteiger partial charge in [-0.25, -0.2) is 9.97 Å². The van der Waals surface area contributed by atoms with Crippen molar-refractivity contribution in [3.05, 3.63) is 47.9 Å². The Morgan fingerprint density at radius 1 is 1.30 bits per heavy atom. The van der Waals surface area contributed by atoms with E-state index in [1.54, 1.807) is 12.3 Å². The summed E-state index contributed by atoms with van der Waals surface area (Å²) in [5.41, 5.74) is 5.98. The second kappa shape index (κ2) is 8.56. The van der Waals surface area contributed by atoms with E-state index in [2.05, 4.69) is 15.0 Å². The van der Waals surface area contributed by atoms with Gasteiger partial charge >= 0.3 is 6.18 Å². The number of aromatic amines is 1. The minimum atomic E-state index is -4.62.